The largest absolute Gasteiger partial charge is 0.481 e. The number of aromatic nitrogens is 3. The van der Waals surface area contributed by atoms with Crippen LogP contribution in [-0.4, -0.2) is 72.3 Å². The molecule has 236 valence electrons. The van der Waals surface area contributed by atoms with Crippen molar-refractivity contribution in [2.75, 3.05) is 24.6 Å². The number of benzene rings is 1. The molecule has 5 rings (SSSR count). The number of anilines is 1. The van der Waals surface area contributed by atoms with Gasteiger partial charge in [-0.15, -0.1) is 11.8 Å². The first-order valence-corrected chi connectivity index (χ1v) is 16.8. The summed E-state index contributed by atoms with van der Waals surface area (Å²) in [5.74, 6) is -0.0359. The fraction of sp³-hybridized carbons (Fsp3) is 0.562. The third-order valence-corrected chi connectivity index (χ3v) is 10.0. The number of likely N-dealkylation sites (tertiary alicyclic amines) is 1. The molecule has 2 aromatic heterocycles. The highest BCUT2D eigenvalue weighted by Gasteiger charge is 2.40. The lowest BCUT2D eigenvalue weighted by Crippen LogP contribution is -2.39. The second kappa shape index (κ2) is 14.4. The van der Waals surface area contributed by atoms with Crippen molar-refractivity contribution in [3.05, 3.63) is 30.1 Å². The Hall–Kier alpha value is -3.67. The van der Waals surface area contributed by atoms with E-state index in [2.05, 4.69) is 27.9 Å². The van der Waals surface area contributed by atoms with Gasteiger partial charge < -0.3 is 20.7 Å². The number of pyridine rings is 1. The summed E-state index contributed by atoms with van der Waals surface area (Å²) in [6.07, 6.45) is 7.81. The summed E-state index contributed by atoms with van der Waals surface area (Å²) in [6, 6.07) is 8.02. The molecule has 3 heterocycles. The van der Waals surface area contributed by atoms with Crippen LogP contribution in [0.4, 0.5) is 5.82 Å². The van der Waals surface area contributed by atoms with Gasteiger partial charge in [-0.25, -0.2) is 9.97 Å². The van der Waals surface area contributed by atoms with E-state index in [0.29, 0.717) is 18.9 Å². The highest BCUT2D eigenvalue weighted by Crippen LogP contribution is 2.33. The number of nitrogen functional groups attached to an aromatic ring is 1. The summed E-state index contributed by atoms with van der Waals surface area (Å²) in [5, 5.41) is 12.4. The normalized spacial score (nSPS) is 20.6. The summed E-state index contributed by atoms with van der Waals surface area (Å²) >= 11 is 1.01. The van der Waals surface area contributed by atoms with E-state index in [4.69, 9.17) is 15.8 Å². The van der Waals surface area contributed by atoms with Gasteiger partial charge in [0.25, 0.3) is 0 Å². The molecular formula is C32H42N6O5S. The van der Waals surface area contributed by atoms with Crippen LogP contribution in [0, 0.1) is 11.8 Å². The molecule has 1 unspecified atom stereocenters. The van der Waals surface area contributed by atoms with E-state index in [1.807, 2.05) is 18.2 Å². The van der Waals surface area contributed by atoms with E-state index in [1.54, 1.807) is 0 Å². The van der Waals surface area contributed by atoms with Crippen molar-refractivity contribution in [3.63, 3.8) is 0 Å². The van der Waals surface area contributed by atoms with Gasteiger partial charge in [0.2, 0.25) is 17.7 Å². The lowest BCUT2D eigenvalue weighted by atomic mass is 9.81. The smallest absolute Gasteiger partial charge is 0.313 e. The zero-order valence-corrected chi connectivity index (χ0v) is 26.1. The van der Waals surface area contributed by atoms with E-state index in [-0.39, 0.29) is 41.7 Å². The number of hydrogen-bond acceptors (Lipinski definition) is 8. The number of aryl methyl sites for hydroxylation is 2. The molecule has 44 heavy (non-hydrogen) atoms. The number of fused-ring (bicyclic) bond motifs is 3. The van der Waals surface area contributed by atoms with E-state index < -0.39 is 11.2 Å². The Balaban J connectivity index is 1.09. The van der Waals surface area contributed by atoms with Gasteiger partial charge in [0.05, 0.1) is 22.0 Å². The molecule has 12 heteroatoms. The van der Waals surface area contributed by atoms with Crippen molar-refractivity contribution in [1.29, 1.82) is 0 Å². The number of carboxylic acids is 1. The number of aliphatic carboxylic acids is 1. The average molecular weight is 623 g/mol. The van der Waals surface area contributed by atoms with Crippen molar-refractivity contribution in [1.82, 2.24) is 24.8 Å². The number of nitrogens with one attached hydrogen (secondary N) is 1. The first-order valence-electron chi connectivity index (χ1n) is 15.7. The van der Waals surface area contributed by atoms with Crippen molar-refractivity contribution in [2.45, 2.75) is 82.9 Å². The average Bonchev–Trinajstić information content (AvgIpc) is 3.51. The van der Waals surface area contributed by atoms with Crippen LogP contribution in [0.3, 0.4) is 0 Å². The molecule has 1 aliphatic carbocycles. The number of thioether (sulfide) groups is 1. The van der Waals surface area contributed by atoms with Crippen molar-refractivity contribution in [3.8, 4) is 0 Å². The summed E-state index contributed by atoms with van der Waals surface area (Å²) in [6.45, 7) is 3.92. The molecule has 3 aromatic rings. The van der Waals surface area contributed by atoms with Crippen LogP contribution in [0.15, 0.2) is 24.3 Å². The molecule has 0 radical (unpaired) electrons. The molecule has 0 bridgehead atoms. The van der Waals surface area contributed by atoms with Crippen LogP contribution in [0.25, 0.3) is 21.9 Å². The van der Waals surface area contributed by atoms with Crippen molar-refractivity contribution >= 4 is 63.2 Å². The lowest BCUT2D eigenvalue weighted by Gasteiger charge is -2.30. The van der Waals surface area contributed by atoms with Gasteiger partial charge in [-0.2, -0.15) is 0 Å². The molecule has 1 saturated heterocycles. The maximum atomic E-state index is 12.9. The minimum Gasteiger partial charge on any atom is -0.481 e. The van der Waals surface area contributed by atoms with Gasteiger partial charge in [-0.05, 0) is 56.9 Å². The Kier molecular flexibility index (Phi) is 10.4. The van der Waals surface area contributed by atoms with Gasteiger partial charge in [0.1, 0.15) is 11.3 Å². The fourth-order valence-corrected chi connectivity index (χ4v) is 7.31. The Morgan fingerprint density at radius 1 is 1.09 bits per heavy atom. The summed E-state index contributed by atoms with van der Waals surface area (Å²) in [5.41, 5.74) is 8.97. The Morgan fingerprint density at radius 3 is 2.61 bits per heavy atom. The van der Waals surface area contributed by atoms with Crippen LogP contribution in [-0.2, 0) is 32.1 Å². The van der Waals surface area contributed by atoms with Crippen LogP contribution >= 0.6 is 11.8 Å². The maximum Gasteiger partial charge on any atom is 0.313 e. The molecule has 0 spiro atoms. The standard InChI is InChI=1S/C32H42N6O5S/c1-2-3-10-25-36-28-29(22-8-4-5-9-23(22)35-30(28)33)37(25)16-7-6-15-34-31(42)21-13-11-20(12-14-21)18-38-26(39)17-24(32(38)43)44-19-27(40)41/h4-5,8-9,20-21,24H,2-3,6-7,10-19H2,1H3,(H2,33,35)(H,34,42)(H,40,41). The third kappa shape index (κ3) is 7.17. The second-order valence-corrected chi connectivity index (χ2v) is 13.1. The van der Waals surface area contributed by atoms with Gasteiger partial charge >= 0.3 is 5.97 Å². The SMILES string of the molecule is CCCCc1nc2c(N)nc3ccccc3c2n1CCCCNC(=O)C1CCC(CN2C(=O)CC(SCC(=O)O)C2=O)CC1. The number of carbonyl (C=O) groups is 4. The fourth-order valence-electron chi connectivity index (χ4n) is 6.43. The van der Waals surface area contributed by atoms with E-state index in [0.717, 1.165) is 104 Å². The Labute approximate surface area is 261 Å². The number of rotatable bonds is 14. The minimum atomic E-state index is -0.995. The molecule has 1 aromatic carbocycles. The molecule has 11 nitrogen and oxygen atoms in total. The lowest BCUT2D eigenvalue weighted by molar-refractivity contribution is -0.139. The number of nitrogens with zero attached hydrogens (tertiary/aromatic N) is 4. The van der Waals surface area contributed by atoms with Crippen molar-refractivity contribution < 1.29 is 24.3 Å². The number of carbonyl (C=O) groups excluding carboxylic acids is 3. The molecule has 3 amide bonds. The topological polar surface area (TPSA) is 161 Å². The van der Waals surface area contributed by atoms with Gasteiger partial charge in [-0.3, -0.25) is 24.1 Å². The van der Waals surface area contributed by atoms with Gasteiger partial charge in [0, 0.05) is 43.8 Å². The molecule has 4 N–H and O–H groups in total. The number of nitrogens with two attached hydrogens (primary N) is 1. The number of unbranched alkanes of at least 4 members (excludes halogenated alkanes) is 2. The van der Waals surface area contributed by atoms with E-state index in [1.165, 1.54) is 4.90 Å². The monoisotopic (exact) mass is 622 g/mol. The number of para-hydroxylation sites is 1. The quantitative estimate of drug-likeness (QED) is 0.177. The first kappa shape index (κ1) is 31.7. The zero-order valence-electron chi connectivity index (χ0n) is 25.3. The van der Waals surface area contributed by atoms with Gasteiger partial charge in [-0.1, -0.05) is 31.5 Å². The molecule has 1 saturated carbocycles. The summed E-state index contributed by atoms with van der Waals surface area (Å²) in [4.78, 5) is 59.6. The predicted molar refractivity (Wildman–Crippen MR) is 171 cm³/mol. The van der Waals surface area contributed by atoms with Gasteiger partial charge in [0.15, 0.2) is 5.82 Å². The van der Waals surface area contributed by atoms with Crippen LogP contribution in [0.5, 0.6) is 0 Å². The molecule has 2 aliphatic rings. The van der Waals surface area contributed by atoms with Crippen LogP contribution < -0.4 is 11.1 Å². The van der Waals surface area contributed by atoms with E-state index >= 15 is 0 Å². The Bertz CT molecular complexity index is 1530. The highest BCUT2D eigenvalue weighted by molar-refractivity contribution is 8.01. The second-order valence-electron chi connectivity index (χ2n) is 12.0. The molecule has 1 atom stereocenters. The number of hydrogen-bond donors (Lipinski definition) is 3. The predicted octanol–water partition coefficient (Wildman–Crippen LogP) is 4.16. The summed E-state index contributed by atoms with van der Waals surface area (Å²) < 4.78 is 2.29. The minimum absolute atomic E-state index is 0.0600. The first-order chi connectivity index (χ1) is 21.3. The van der Waals surface area contributed by atoms with Crippen molar-refractivity contribution in [2.24, 2.45) is 11.8 Å². The molecule has 2 fully saturated rings. The number of imidazole rings is 1. The van der Waals surface area contributed by atoms with E-state index in [9.17, 15) is 19.2 Å². The molecule has 1 aliphatic heterocycles. The third-order valence-electron chi connectivity index (χ3n) is 8.82. The zero-order chi connectivity index (χ0) is 31.2. The number of carboxylic acid groups (broad SMARTS) is 1. The van der Waals surface area contributed by atoms with Crippen LogP contribution in [0.1, 0.15) is 70.5 Å². The Morgan fingerprint density at radius 2 is 1.86 bits per heavy atom. The number of imide groups is 1. The summed E-state index contributed by atoms with van der Waals surface area (Å²) in [7, 11) is 0. The number of amides is 3. The maximum absolute atomic E-state index is 12.9. The highest BCUT2D eigenvalue weighted by atomic mass is 32.2. The molecular weight excluding hydrogens is 580 g/mol. The van der Waals surface area contributed by atoms with Crippen LogP contribution in [0.2, 0.25) is 0 Å².